The van der Waals surface area contributed by atoms with Crippen LogP contribution in [0.25, 0.3) is 0 Å². The highest BCUT2D eigenvalue weighted by Crippen LogP contribution is 2.71. The predicted molar refractivity (Wildman–Crippen MR) is 191 cm³/mol. The zero-order valence-electron chi connectivity index (χ0n) is 32.7. The van der Waals surface area contributed by atoms with Gasteiger partial charge in [0.15, 0.2) is 18.4 Å². The van der Waals surface area contributed by atoms with Gasteiger partial charge in [-0.2, -0.15) is 0 Å². The number of aliphatic hydroxyl groups excluding tert-OH is 10. The monoisotopic (exact) mass is 806 g/mol. The molecule has 0 spiro atoms. The van der Waals surface area contributed by atoms with Crippen LogP contribution in [0.2, 0.25) is 0 Å². The van der Waals surface area contributed by atoms with Crippen molar-refractivity contribution in [1.29, 1.82) is 0 Å². The zero-order valence-corrected chi connectivity index (χ0v) is 32.7. The molecular formula is C39H66O17. The molecule has 0 radical (unpaired) electrons. The maximum atomic E-state index is 12.4. The largest absolute Gasteiger partial charge is 0.394 e. The zero-order chi connectivity index (χ0) is 40.9. The minimum Gasteiger partial charge on any atom is -0.394 e. The molecule has 17 heteroatoms. The van der Waals surface area contributed by atoms with E-state index in [9.17, 15) is 61.3 Å². The summed E-state index contributed by atoms with van der Waals surface area (Å²) in [7, 11) is 0. The fraction of sp³-hybridized carbons (Fsp3) is 1.00. The Kier molecular flexibility index (Phi) is 12.1. The van der Waals surface area contributed by atoms with Crippen molar-refractivity contribution < 1.29 is 85.0 Å². The number of ether oxygens (including phenoxy) is 5. The second kappa shape index (κ2) is 15.7. The molecule has 0 bridgehead atoms. The molecule has 0 aromatic rings. The van der Waals surface area contributed by atoms with Crippen LogP contribution in [0.3, 0.4) is 0 Å². The summed E-state index contributed by atoms with van der Waals surface area (Å²) in [6.45, 7) is 7.08. The molecule has 3 aliphatic heterocycles. The van der Waals surface area contributed by atoms with Gasteiger partial charge in [-0.1, -0.05) is 27.7 Å². The molecular weight excluding hydrogens is 740 g/mol. The molecule has 0 unspecified atom stereocenters. The molecule has 4 saturated carbocycles. The molecule has 324 valence electrons. The van der Waals surface area contributed by atoms with E-state index >= 15 is 0 Å². The summed E-state index contributed by atoms with van der Waals surface area (Å²) in [5.74, 6) is -1.57. The van der Waals surface area contributed by atoms with Crippen LogP contribution in [0.5, 0.6) is 0 Å². The summed E-state index contributed by atoms with van der Waals surface area (Å²) in [5.41, 5.74) is -2.77. The highest BCUT2D eigenvalue weighted by atomic mass is 16.7. The van der Waals surface area contributed by atoms with Gasteiger partial charge in [0.05, 0.1) is 49.8 Å². The molecule has 0 aromatic heterocycles. The Morgan fingerprint density at radius 1 is 0.768 bits per heavy atom. The van der Waals surface area contributed by atoms with Crippen molar-refractivity contribution in [2.45, 2.75) is 176 Å². The van der Waals surface area contributed by atoms with Crippen LogP contribution < -0.4 is 0 Å². The maximum absolute atomic E-state index is 12.4. The molecule has 24 atom stereocenters. The molecule has 7 aliphatic rings. The van der Waals surface area contributed by atoms with E-state index < -0.39 is 110 Å². The van der Waals surface area contributed by atoms with Gasteiger partial charge in [0.1, 0.15) is 48.8 Å². The average molecular weight is 807 g/mol. The third kappa shape index (κ3) is 6.82. The molecule has 4 aliphatic carbocycles. The Labute approximate surface area is 327 Å². The van der Waals surface area contributed by atoms with Crippen molar-refractivity contribution in [3.63, 3.8) is 0 Å². The Morgan fingerprint density at radius 2 is 1.38 bits per heavy atom. The molecule has 3 heterocycles. The van der Waals surface area contributed by atoms with Gasteiger partial charge in [0.2, 0.25) is 0 Å². The number of fused-ring (bicyclic) bond motifs is 7. The average Bonchev–Trinajstić information content (AvgIpc) is 3.59. The number of rotatable bonds is 10. The second-order valence-corrected chi connectivity index (χ2v) is 19.1. The summed E-state index contributed by atoms with van der Waals surface area (Å²) in [5, 5.41) is 128. The van der Waals surface area contributed by atoms with Gasteiger partial charge in [-0.05, 0) is 73.5 Å². The third-order valence-electron chi connectivity index (χ3n) is 16.1. The lowest BCUT2D eigenvalue weighted by Gasteiger charge is -2.66. The number of aliphatic hydroxyl groups is 12. The van der Waals surface area contributed by atoms with Crippen LogP contribution in [-0.4, -0.2) is 178 Å². The van der Waals surface area contributed by atoms with Gasteiger partial charge in [-0.3, -0.25) is 0 Å². The van der Waals surface area contributed by atoms with Crippen LogP contribution in [0.4, 0.5) is 0 Å². The lowest BCUT2D eigenvalue weighted by atomic mass is 9.42. The van der Waals surface area contributed by atoms with Crippen LogP contribution in [0.15, 0.2) is 0 Å². The topological polar surface area (TPSA) is 289 Å². The highest BCUT2D eigenvalue weighted by Gasteiger charge is 2.72. The predicted octanol–water partition coefficient (Wildman–Crippen LogP) is -2.55. The summed E-state index contributed by atoms with van der Waals surface area (Å²) >= 11 is 0. The van der Waals surface area contributed by atoms with Crippen molar-refractivity contribution >= 4 is 0 Å². The van der Waals surface area contributed by atoms with Crippen LogP contribution in [-0.2, 0) is 23.7 Å². The Bertz CT molecular complexity index is 1370. The van der Waals surface area contributed by atoms with E-state index in [0.717, 1.165) is 12.8 Å². The fourth-order valence-corrected chi connectivity index (χ4v) is 12.7. The SMILES string of the molecule is C[C@H](CC[C@]1(O)O[C@H]2C[C@H]3[C@@H]4C[C@@H](O)[C@@]5(O)C[C@@H](O[C@@H]6O[C@H](CO)[C@@H](O)[C@H](O)[C@H]6O)[C@H](O)C[C@]5(C)[C@H]4CC[C@]3(C)[C@H]2[C@@H]1C)CO[C@@H]1O[C@H](CO)[C@@H](O)[C@H](O)[C@H]1O. The lowest BCUT2D eigenvalue weighted by molar-refractivity contribution is -0.340. The molecule has 3 saturated heterocycles. The van der Waals surface area contributed by atoms with Gasteiger partial charge < -0.3 is 85.0 Å². The second-order valence-electron chi connectivity index (χ2n) is 19.1. The first kappa shape index (κ1) is 43.4. The molecule has 7 fully saturated rings. The van der Waals surface area contributed by atoms with Gasteiger partial charge in [-0.15, -0.1) is 0 Å². The van der Waals surface area contributed by atoms with Crippen molar-refractivity contribution in [3.05, 3.63) is 0 Å². The first-order chi connectivity index (χ1) is 26.2. The van der Waals surface area contributed by atoms with Crippen LogP contribution >= 0.6 is 0 Å². The van der Waals surface area contributed by atoms with E-state index in [2.05, 4.69) is 6.92 Å². The van der Waals surface area contributed by atoms with E-state index in [-0.39, 0.29) is 66.5 Å². The van der Waals surface area contributed by atoms with E-state index in [1.54, 1.807) is 0 Å². The summed E-state index contributed by atoms with van der Waals surface area (Å²) < 4.78 is 29.2. The number of hydrogen-bond acceptors (Lipinski definition) is 17. The minimum absolute atomic E-state index is 0.0122. The highest BCUT2D eigenvalue weighted by molar-refractivity contribution is 5.20. The molecule has 0 amide bonds. The quantitative estimate of drug-likeness (QED) is 0.101. The first-order valence-electron chi connectivity index (χ1n) is 20.6. The minimum atomic E-state index is -1.67. The Hall–Kier alpha value is -0.680. The van der Waals surface area contributed by atoms with Crippen LogP contribution in [0, 0.1) is 46.3 Å². The molecule has 56 heavy (non-hydrogen) atoms. The van der Waals surface area contributed by atoms with Crippen LogP contribution in [0.1, 0.15) is 79.1 Å². The number of hydrogen-bond donors (Lipinski definition) is 12. The lowest BCUT2D eigenvalue weighted by Crippen LogP contribution is -2.71. The summed E-state index contributed by atoms with van der Waals surface area (Å²) in [6.07, 6.45) is -14.6. The van der Waals surface area contributed by atoms with E-state index in [1.807, 2.05) is 20.8 Å². The van der Waals surface area contributed by atoms with Crippen molar-refractivity contribution in [1.82, 2.24) is 0 Å². The smallest absolute Gasteiger partial charge is 0.187 e. The molecule has 0 aromatic carbocycles. The Balaban J connectivity index is 0.984. The van der Waals surface area contributed by atoms with E-state index in [0.29, 0.717) is 25.7 Å². The standard InChI is InChI=1S/C39H66O17/c1-16(15-52-34-32(48)30(46)28(44)24(13-40)54-34)5-8-39(51)17(2)27-22(56-39)10-20-18-9-26(43)38(50)12-23(53-35-33(49)31(47)29(45)25(14-41)55-35)21(42)11-37(38,4)19(18)6-7-36(20,27)3/h16-35,40-51H,5-15H2,1-4H3/t16-,17+,18-,19+,20+,21-,22+,23-,24-,25-,26-,27+,28-,29-,30+,31+,32-,33-,34-,35-,36+,37-,38+,39+/m1/s1. The molecule has 7 rings (SSSR count). The fourth-order valence-electron chi connectivity index (χ4n) is 12.7. The third-order valence-corrected chi connectivity index (χ3v) is 16.1. The van der Waals surface area contributed by atoms with Gasteiger partial charge in [0.25, 0.3) is 0 Å². The van der Waals surface area contributed by atoms with E-state index in [4.69, 9.17) is 23.7 Å². The van der Waals surface area contributed by atoms with Crippen molar-refractivity contribution in [3.8, 4) is 0 Å². The van der Waals surface area contributed by atoms with Gasteiger partial charge in [0, 0.05) is 24.2 Å². The molecule has 17 nitrogen and oxygen atoms in total. The van der Waals surface area contributed by atoms with Gasteiger partial charge >= 0.3 is 0 Å². The maximum Gasteiger partial charge on any atom is 0.187 e. The van der Waals surface area contributed by atoms with Crippen molar-refractivity contribution in [2.24, 2.45) is 46.3 Å². The van der Waals surface area contributed by atoms with Crippen molar-refractivity contribution in [2.75, 3.05) is 19.8 Å². The Morgan fingerprint density at radius 3 is 2.00 bits per heavy atom. The van der Waals surface area contributed by atoms with Gasteiger partial charge in [-0.25, -0.2) is 0 Å². The first-order valence-corrected chi connectivity index (χ1v) is 20.6. The van der Waals surface area contributed by atoms with E-state index in [1.165, 1.54) is 0 Å². The normalized spacial score (nSPS) is 57.5. The summed E-state index contributed by atoms with van der Waals surface area (Å²) in [6, 6.07) is 0. The summed E-state index contributed by atoms with van der Waals surface area (Å²) in [4.78, 5) is 0. The molecule has 12 N–H and O–H groups in total.